The molecule has 0 aliphatic carbocycles. The van der Waals surface area contributed by atoms with E-state index in [2.05, 4.69) is 9.47 Å². The van der Waals surface area contributed by atoms with Crippen molar-refractivity contribution in [3.05, 3.63) is 45.9 Å². The summed E-state index contributed by atoms with van der Waals surface area (Å²) in [5.41, 5.74) is 0. The Morgan fingerprint density at radius 1 is 0.412 bits per heavy atom. The van der Waals surface area contributed by atoms with Gasteiger partial charge in [-0.3, -0.25) is 18.2 Å². The summed E-state index contributed by atoms with van der Waals surface area (Å²) in [6.07, 6.45) is 0.923. The van der Waals surface area contributed by atoms with Crippen molar-refractivity contribution < 1.29 is 80.5 Å². The van der Waals surface area contributed by atoms with Gasteiger partial charge < -0.3 is 9.47 Å². The quantitative estimate of drug-likeness (QED) is 0.103. The van der Waals surface area contributed by atoms with Crippen LogP contribution in [0.4, 0.5) is 0 Å². The highest BCUT2D eigenvalue weighted by atomic mass is 32.2. The molecule has 0 aromatic rings. The lowest BCUT2D eigenvalue weighted by Gasteiger charge is -1.93. The van der Waals surface area contributed by atoms with Crippen LogP contribution in [0.3, 0.4) is 0 Å². The van der Waals surface area contributed by atoms with Crippen molar-refractivity contribution in [3.63, 3.8) is 0 Å². The van der Waals surface area contributed by atoms with E-state index in [4.69, 9.17) is 18.2 Å². The van der Waals surface area contributed by atoms with E-state index >= 15 is 0 Å². The van der Waals surface area contributed by atoms with Crippen molar-refractivity contribution in [1.82, 2.24) is 0 Å². The van der Waals surface area contributed by atoms with E-state index in [0.717, 1.165) is 0 Å². The molecule has 0 aliphatic heterocycles. The second-order valence-electron chi connectivity index (χ2n) is 4.75. The van der Waals surface area contributed by atoms with Gasteiger partial charge >= 0.3 is 23.9 Å². The fraction of sp³-hybridized carbons (Fsp3) is 0. The lowest BCUT2D eigenvalue weighted by molar-refractivity contribution is -0.154. The summed E-state index contributed by atoms with van der Waals surface area (Å²) in [6, 6.07) is 0. The molecule has 192 valence electrons. The third-order valence-electron chi connectivity index (χ3n) is 1.91. The zero-order valence-electron chi connectivity index (χ0n) is 15.8. The molecular weight excluding hydrogens is 560 g/mol. The summed E-state index contributed by atoms with van der Waals surface area (Å²) in [5.74, 6) is -5.81. The van der Waals surface area contributed by atoms with Crippen LogP contribution in [-0.2, 0) is 69.1 Å². The monoisotopic (exact) mass is 572 g/mol. The number of carbonyl (C=O) groups is 4. The highest BCUT2D eigenvalue weighted by Gasteiger charge is 2.08. The Labute approximate surface area is 190 Å². The third-order valence-corrected chi connectivity index (χ3v) is 3.83. The van der Waals surface area contributed by atoms with Crippen molar-refractivity contribution in [2.45, 2.75) is 0 Å². The average molecular weight is 572 g/mol. The maximum absolute atomic E-state index is 10.7. The summed E-state index contributed by atoms with van der Waals surface area (Å²) in [6.45, 7) is 0. The maximum atomic E-state index is 10.7. The van der Waals surface area contributed by atoms with E-state index in [0.29, 0.717) is 0 Å². The highest BCUT2D eigenvalue weighted by Crippen LogP contribution is 1.93. The van der Waals surface area contributed by atoms with E-state index in [1.165, 1.54) is 0 Å². The largest absolute Gasteiger partial charge is 0.387 e. The van der Waals surface area contributed by atoms with Gasteiger partial charge in [0.2, 0.25) is 0 Å². The SMILES string of the molecule is O=C(/C=C/S(=O)(=O)O)OC(=O)/C=C/S(=O)(=O)O.O=C(/C=C/S(=O)(=O)O)OC(=O)/C=C/S(=O)(=O)O. The Bertz CT molecular complexity index is 1130. The Morgan fingerprint density at radius 2 is 0.559 bits per heavy atom. The third kappa shape index (κ3) is 26.9. The molecular formula is C12H12O18S4. The van der Waals surface area contributed by atoms with Gasteiger partial charge in [-0.15, -0.1) is 0 Å². The Kier molecular flexibility index (Phi) is 13.2. The lowest BCUT2D eigenvalue weighted by Crippen LogP contribution is -2.08. The predicted molar refractivity (Wildman–Crippen MR) is 105 cm³/mol. The molecule has 4 N–H and O–H groups in total. The molecule has 0 saturated carbocycles. The molecule has 0 radical (unpaired) electrons. The average Bonchev–Trinajstić information content (AvgIpc) is 2.60. The molecule has 0 unspecified atom stereocenters. The first kappa shape index (κ1) is 33.1. The zero-order valence-corrected chi connectivity index (χ0v) is 19.0. The number of carbonyl (C=O) groups excluding carboxylic acids is 4. The Balaban J connectivity index is 0. The highest BCUT2D eigenvalue weighted by molar-refractivity contribution is 7.89. The van der Waals surface area contributed by atoms with Gasteiger partial charge in [-0.05, 0) is 0 Å². The van der Waals surface area contributed by atoms with E-state index in [1.807, 2.05) is 0 Å². The Morgan fingerprint density at radius 3 is 0.676 bits per heavy atom. The van der Waals surface area contributed by atoms with E-state index in [-0.39, 0.29) is 45.9 Å². The molecule has 0 rings (SSSR count). The standard InChI is InChI=1S/2C6H6O9S2/c2*7-5(1-3-16(9,10)11)15-6(8)2-4-17(12,13)14/h2*1-4H,(H,9,10,11)(H,12,13,14)/b2*3-1+,4-2+. The molecule has 0 atom stereocenters. The first-order valence-electron chi connectivity index (χ1n) is 7.13. The second-order valence-corrected chi connectivity index (χ2v) is 9.96. The summed E-state index contributed by atoms with van der Waals surface area (Å²) in [7, 11) is -18.1. The van der Waals surface area contributed by atoms with Crippen LogP contribution in [0, 0.1) is 0 Å². The number of esters is 4. The summed E-state index contributed by atoms with van der Waals surface area (Å²) < 4.78 is 121. The van der Waals surface area contributed by atoms with Crippen LogP contribution in [0.2, 0.25) is 0 Å². The molecule has 0 spiro atoms. The van der Waals surface area contributed by atoms with Gasteiger partial charge in [0.05, 0.1) is 21.6 Å². The molecule has 0 saturated heterocycles. The van der Waals surface area contributed by atoms with Crippen molar-refractivity contribution in [3.8, 4) is 0 Å². The molecule has 0 amide bonds. The summed E-state index contributed by atoms with van der Waals surface area (Å²) >= 11 is 0. The van der Waals surface area contributed by atoms with Gasteiger partial charge in [-0.1, -0.05) is 0 Å². The van der Waals surface area contributed by atoms with Crippen LogP contribution in [0.25, 0.3) is 0 Å². The molecule has 18 nitrogen and oxygen atoms in total. The Hall–Kier alpha value is -3.12. The van der Waals surface area contributed by atoms with E-state index < -0.39 is 64.3 Å². The molecule has 22 heteroatoms. The first-order valence-corrected chi connectivity index (χ1v) is 13.1. The van der Waals surface area contributed by atoms with Crippen LogP contribution < -0.4 is 0 Å². The van der Waals surface area contributed by atoms with E-state index in [9.17, 15) is 52.8 Å². The first-order chi connectivity index (χ1) is 15.0. The molecule has 0 aliphatic rings. The number of rotatable bonds is 8. The van der Waals surface area contributed by atoms with E-state index in [1.54, 1.807) is 0 Å². The summed E-state index contributed by atoms with van der Waals surface area (Å²) in [5, 5.41) is 0.258. The minimum absolute atomic E-state index is 0.0646. The fourth-order valence-corrected chi connectivity index (χ4v) is 2.03. The smallest absolute Gasteiger partial charge is 0.339 e. The van der Waals surface area contributed by atoms with Gasteiger partial charge in [0.25, 0.3) is 40.5 Å². The van der Waals surface area contributed by atoms with Crippen molar-refractivity contribution in [2.75, 3.05) is 0 Å². The van der Waals surface area contributed by atoms with Gasteiger partial charge in [0.1, 0.15) is 0 Å². The number of ether oxygens (including phenoxy) is 2. The minimum atomic E-state index is -4.54. The van der Waals surface area contributed by atoms with Crippen LogP contribution in [0.15, 0.2) is 45.9 Å². The maximum Gasteiger partial charge on any atom is 0.339 e. The summed E-state index contributed by atoms with van der Waals surface area (Å²) in [4.78, 5) is 42.7. The molecule has 0 heterocycles. The second kappa shape index (κ2) is 13.6. The predicted octanol–water partition coefficient (Wildman–Crippen LogP) is -2.28. The molecule has 0 aromatic carbocycles. The van der Waals surface area contributed by atoms with Crippen LogP contribution in [0.5, 0.6) is 0 Å². The van der Waals surface area contributed by atoms with Crippen molar-refractivity contribution in [1.29, 1.82) is 0 Å². The molecule has 0 fully saturated rings. The molecule has 34 heavy (non-hydrogen) atoms. The lowest BCUT2D eigenvalue weighted by atomic mass is 10.6. The van der Waals surface area contributed by atoms with Crippen molar-refractivity contribution >= 4 is 64.3 Å². The molecule has 0 bridgehead atoms. The van der Waals surface area contributed by atoms with Crippen molar-refractivity contribution in [2.24, 2.45) is 0 Å². The molecule has 0 aromatic heterocycles. The van der Waals surface area contributed by atoms with Gasteiger partial charge in [0.15, 0.2) is 0 Å². The van der Waals surface area contributed by atoms with Crippen LogP contribution in [-0.4, -0.2) is 75.8 Å². The minimum Gasteiger partial charge on any atom is -0.387 e. The number of hydrogen-bond acceptors (Lipinski definition) is 14. The van der Waals surface area contributed by atoms with Crippen LogP contribution in [0.1, 0.15) is 0 Å². The fourth-order valence-electron chi connectivity index (χ4n) is 0.901. The van der Waals surface area contributed by atoms with Gasteiger partial charge in [-0.25, -0.2) is 19.2 Å². The van der Waals surface area contributed by atoms with Crippen LogP contribution >= 0.6 is 0 Å². The normalized spacial score (nSPS) is 13.1. The van der Waals surface area contributed by atoms with Gasteiger partial charge in [0, 0.05) is 24.3 Å². The topological polar surface area (TPSA) is 304 Å². The zero-order chi connectivity index (χ0) is 27.4. The number of hydrogen-bond donors (Lipinski definition) is 4. The van der Waals surface area contributed by atoms with Gasteiger partial charge in [-0.2, -0.15) is 33.7 Å².